The third kappa shape index (κ3) is 4.70. The molecule has 0 radical (unpaired) electrons. The van der Waals surface area contributed by atoms with E-state index in [1.807, 2.05) is 22.1 Å². The van der Waals surface area contributed by atoms with Crippen LogP contribution in [0.3, 0.4) is 0 Å². The first-order valence-electron chi connectivity index (χ1n) is 8.22. The Morgan fingerprint density at radius 2 is 2.27 bits per heavy atom. The zero-order valence-electron chi connectivity index (χ0n) is 14.6. The fraction of sp³-hybridized carbons (Fsp3) is 0.438. The van der Waals surface area contributed by atoms with Gasteiger partial charge >= 0.3 is 0 Å². The van der Waals surface area contributed by atoms with Gasteiger partial charge in [0.25, 0.3) is 0 Å². The minimum Gasteiger partial charge on any atom is -0.370 e. The molecule has 26 heavy (non-hydrogen) atoms. The van der Waals surface area contributed by atoms with Crippen LogP contribution in [-0.2, 0) is 23.5 Å². The molecule has 3 heterocycles. The van der Waals surface area contributed by atoms with Crippen LogP contribution in [0.25, 0.3) is 10.7 Å². The topological polar surface area (TPSA) is 113 Å². The van der Waals surface area contributed by atoms with Gasteiger partial charge in [0, 0.05) is 19.4 Å². The number of carbonyl (C=O) groups is 1. The van der Waals surface area contributed by atoms with Crippen molar-refractivity contribution in [2.24, 2.45) is 11.7 Å². The van der Waals surface area contributed by atoms with Crippen LogP contribution in [0.1, 0.15) is 32.0 Å². The van der Waals surface area contributed by atoms with Crippen molar-refractivity contribution in [1.29, 1.82) is 0 Å². The van der Waals surface area contributed by atoms with Crippen LogP contribution in [0.15, 0.2) is 27.2 Å². The predicted molar refractivity (Wildman–Crippen MR) is 99.5 cm³/mol. The van der Waals surface area contributed by atoms with Crippen molar-refractivity contribution in [3.63, 3.8) is 0 Å². The summed E-state index contributed by atoms with van der Waals surface area (Å²) < 4.78 is 7.17. The second kappa shape index (κ2) is 8.45. The van der Waals surface area contributed by atoms with Crippen molar-refractivity contribution in [1.82, 2.24) is 24.9 Å². The van der Waals surface area contributed by atoms with Crippen LogP contribution >= 0.6 is 23.1 Å². The van der Waals surface area contributed by atoms with E-state index in [2.05, 4.69) is 34.2 Å². The number of rotatable bonds is 9. The first-order chi connectivity index (χ1) is 12.5. The number of carbonyl (C=O) groups excluding carboxylic acids is 1. The highest BCUT2D eigenvalue weighted by Gasteiger charge is 2.17. The molecule has 0 fully saturated rings. The van der Waals surface area contributed by atoms with Crippen molar-refractivity contribution in [3.05, 3.63) is 29.2 Å². The summed E-state index contributed by atoms with van der Waals surface area (Å²) in [4.78, 5) is 16.6. The molecule has 0 saturated heterocycles. The Labute approximate surface area is 159 Å². The summed E-state index contributed by atoms with van der Waals surface area (Å²) in [6.45, 7) is 4.64. The molecule has 0 aromatic carbocycles. The summed E-state index contributed by atoms with van der Waals surface area (Å²) in [6.07, 6.45) is 0.986. The van der Waals surface area contributed by atoms with E-state index in [1.165, 1.54) is 11.8 Å². The maximum absolute atomic E-state index is 11.2. The predicted octanol–water partition coefficient (Wildman–Crippen LogP) is 2.76. The second-order valence-corrected chi connectivity index (χ2v) is 8.03. The molecule has 10 heteroatoms. The van der Waals surface area contributed by atoms with Gasteiger partial charge in [0.1, 0.15) is 0 Å². The largest absolute Gasteiger partial charge is 0.370 e. The van der Waals surface area contributed by atoms with Crippen LogP contribution in [0.5, 0.6) is 0 Å². The van der Waals surface area contributed by atoms with E-state index >= 15 is 0 Å². The van der Waals surface area contributed by atoms with E-state index in [0.29, 0.717) is 35.1 Å². The van der Waals surface area contributed by atoms with Gasteiger partial charge in [-0.3, -0.25) is 4.79 Å². The zero-order valence-corrected chi connectivity index (χ0v) is 16.2. The van der Waals surface area contributed by atoms with Gasteiger partial charge in [-0.15, -0.1) is 21.5 Å². The number of thiophene rings is 1. The molecule has 0 aliphatic carbocycles. The van der Waals surface area contributed by atoms with Gasteiger partial charge in [-0.05, 0) is 17.4 Å². The third-order valence-electron chi connectivity index (χ3n) is 3.46. The van der Waals surface area contributed by atoms with Gasteiger partial charge in [-0.25, -0.2) is 0 Å². The van der Waals surface area contributed by atoms with Crippen LogP contribution < -0.4 is 5.73 Å². The summed E-state index contributed by atoms with van der Waals surface area (Å²) in [5.74, 6) is 2.61. The van der Waals surface area contributed by atoms with Crippen LogP contribution in [0.2, 0.25) is 0 Å². The monoisotopic (exact) mass is 392 g/mol. The van der Waals surface area contributed by atoms with Crippen molar-refractivity contribution >= 4 is 29.0 Å². The highest BCUT2D eigenvalue weighted by Crippen LogP contribution is 2.28. The van der Waals surface area contributed by atoms with E-state index in [4.69, 9.17) is 10.3 Å². The zero-order chi connectivity index (χ0) is 18.5. The summed E-state index contributed by atoms with van der Waals surface area (Å²) >= 11 is 3.03. The normalized spacial score (nSPS) is 11.3. The Balaban J connectivity index is 1.74. The van der Waals surface area contributed by atoms with Gasteiger partial charge in [0.2, 0.25) is 11.8 Å². The van der Waals surface area contributed by atoms with Crippen molar-refractivity contribution in [3.8, 4) is 10.7 Å². The molecule has 0 bridgehead atoms. The standard InChI is InChI=1S/C16H20N6O2S2/c1-10(2)8-14-18-13(21-24-14)9-26-16-20-19-15(11-4-3-7-25-11)22(16)6-5-12(17)23/h3-4,7,10H,5-6,8-9H2,1-2H3,(H2,17,23). The van der Waals surface area contributed by atoms with E-state index < -0.39 is 0 Å². The SMILES string of the molecule is CC(C)Cc1nc(CSc2nnc(-c3cccs3)n2CCC(N)=O)no1. The molecule has 3 rings (SSSR count). The smallest absolute Gasteiger partial charge is 0.226 e. The Morgan fingerprint density at radius 1 is 1.42 bits per heavy atom. The van der Waals surface area contributed by atoms with Crippen molar-refractivity contribution < 1.29 is 9.32 Å². The molecule has 138 valence electrons. The van der Waals surface area contributed by atoms with E-state index in [-0.39, 0.29) is 12.3 Å². The van der Waals surface area contributed by atoms with E-state index in [9.17, 15) is 4.79 Å². The van der Waals surface area contributed by atoms with E-state index in [1.54, 1.807) is 11.3 Å². The van der Waals surface area contributed by atoms with Gasteiger partial charge < -0.3 is 14.8 Å². The molecular formula is C16H20N6O2S2. The molecule has 0 aliphatic rings. The molecule has 0 saturated carbocycles. The van der Waals surface area contributed by atoms with Crippen LogP contribution in [0.4, 0.5) is 0 Å². The molecule has 1 amide bonds. The number of nitrogens with two attached hydrogens (primary N) is 1. The van der Waals surface area contributed by atoms with Gasteiger partial charge in [0.15, 0.2) is 16.8 Å². The highest BCUT2D eigenvalue weighted by atomic mass is 32.2. The Kier molecular flexibility index (Phi) is 6.04. The maximum Gasteiger partial charge on any atom is 0.226 e. The average molecular weight is 393 g/mol. The number of hydrogen-bond donors (Lipinski definition) is 1. The minimum atomic E-state index is -0.358. The molecule has 2 N–H and O–H groups in total. The number of primary amides is 1. The quantitative estimate of drug-likeness (QED) is 0.557. The Morgan fingerprint density at radius 3 is 2.96 bits per heavy atom. The van der Waals surface area contributed by atoms with Crippen LogP contribution in [-0.4, -0.2) is 30.8 Å². The van der Waals surface area contributed by atoms with Crippen molar-refractivity contribution in [2.75, 3.05) is 0 Å². The summed E-state index contributed by atoms with van der Waals surface area (Å²) in [5.41, 5.74) is 5.31. The molecular weight excluding hydrogens is 372 g/mol. The fourth-order valence-corrected chi connectivity index (χ4v) is 3.84. The number of amides is 1. The van der Waals surface area contributed by atoms with Gasteiger partial charge in [0.05, 0.1) is 10.6 Å². The minimum absolute atomic E-state index is 0.227. The summed E-state index contributed by atoms with van der Waals surface area (Å²) in [7, 11) is 0. The number of hydrogen-bond acceptors (Lipinski definition) is 8. The molecule has 0 spiro atoms. The van der Waals surface area contributed by atoms with Gasteiger partial charge in [-0.2, -0.15) is 4.98 Å². The van der Waals surface area contributed by atoms with Crippen LogP contribution in [0, 0.1) is 5.92 Å². The molecule has 3 aromatic heterocycles. The van der Waals surface area contributed by atoms with E-state index in [0.717, 1.165) is 17.1 Å². The molecule has 0 aliphatic heterocycles. The molecule has 0 unspecified atom stereocenters. The summed E-state index contributed by atoms with van der Waals surface area (Å²) in [5, 5.41) is 15.2. The Hall–Kier alpha value is -2.20. The fourth-order valence-electron chi connectivity index (χ4n) is 2.32. The first-order valence-corrected chi connectivity index (χ1v) is 10.1. The molecule has 3 aromatic rings. The number of aromatic nitrogens is 5. The Bertz CT molecular complexity index is 856. The lowest BCUT2D eigenvalue weighted by atomic mass is 10.1. The third-order valence-corrected chi connectivity index (χ3v) is 5.29. The average Bonchev–Trinajstić information content (AvgIpc) is 3.31. The molecule has 8 nitrogen and oxygen atoms in total. The highest BCUT2D eigenvalue weighted by molar-refractivity contribution is 7.98. The molecule has 0 atom stereocenters. The lowest BCUT2D eigenvalue weighted by molar-refractivity contribution is -0.118. The number of thioether (sulfide) groups is 1. The lowest BCUT2D eigenvalue weighted by Gasteiger charge is -2.07. The number of nitrogens with zero attached hydrogens (tertiary/aromatic N) is 5. The first kappa shape index (κ1) is 18.6. The van der Waals surface area contributed by atoms with Gasteiger partial charge in [-0.1, -0.05) is 36.8 Å². The summed E-state index contributed by atoms with van der Waals surface area (Å²) in [6, 6.07) is 3.93. The maximum atomic E-state index is 11.2. The second-order valence-electron chi connectivity index (χ2n) is 6.14. The lowest BCUT2D eigenvalue weighted by Crippen LogP contribution is -2.14. The van der Waals surface area contributed by atoms with Crippen molar-refractivity contribution in [2.45, 2.75) is 44.1 Å².